The van der Waals surface area contributed by atoms with Gasteiger partial charge in [-0.3, -0.25) is 0 Å². The average molecular weight is 1500 g/mol. The summed E-state index contributed by atoms with van der Waals surface area (Å²) in [4.78, 5) is 3.82. The minimum Gasteiger partial charge on any atom is -0.458 e. The molecule has 0 saturated heterocycles. The Labute approximate surface area is 667 Å². The standard InChI is InChI=1S/C25H11BN2O2.3C25H14BNO2/c1-27-14-5-2-6-15-21(14)13-11-12-20-24-25(13)28(15)16-7-3-8-17-22(16)26(24)23-18(29-17)9-4-10-19(23)30-20;1-13-12-15-14-6-2-3-7-16(14)27-17-8-4-9-18-21(17)26-22-19(28-18)10-5-11-20(22)29-25(13)23(26)24(15)27;1-13-12-20-24-25-21(13)14-6-2-3-7-15(14)27(25)16-8-4-9-17-22(16)26(24)23-18(28-17)10-5-11-19(23)29-20;1-13-9-11-20-23-25(13)29-19-12-10-15-14-5-2-3-6-16(14)27-17-7-4-8-18(28-20)21(17)26(23)22(19)24(15)27/h2-12H;3*2-12H,1H3. The molecule has 0 saturated carbocycles. The number of aromatic nitrogens is 4. The SMILES string of the molecule is Cc1cc2c3c4c1c1ccccc1n4-c1cccc4c1B3c1c(cccc1O2)O4.Cc1cc2c3ccccc3n3c2c2c1Oc1cccc4c1B2c1c(cccc1-3)O4.Cc1ccc2c3c1Oc1ccc4c5ccccc5n5c4c1B3c1c(cccc1-5)O2.[C-]#[N+]c1cccc2c1c1ccc3c4c1n2-c1cccc2c1B4c1c(cccc1O3)O2. The summed E-state index contributed by atoms with van der Waals surface area (Å²) in [5.74, 6) is 14.7. The highest BCUT2D eigenvalue weighted by atomic mass is 16.5. The van der Waals surface area contributed by atoms with Crippen LogP contribution < -0.4 is 103 Å². The van der Waals surface area contributed by atoms with Crippen molar-refractivity contribution in [3.05, 3.63) is 295 Å². The fourth-order valence-electron chi connectivity index (χ4n) is 22.7. The maximum atomic E-state index is 7.72. The summed E-state index contributed by atoms with van der Waals surface area (Å²) in [6.07, 6.45) is 0. The molecule has 13 nitrogen and oxygen atoms in total. The molecule has 117 heavy (non-hydrogen) atoms. The van der Waals surface area contributed by atoms with E-state index in [9.17, 15) is 0 Å². The topological polar surface area (TPSA) is 97.9 Å². The molecule has 12 aliphatic heterocycles. The predicted octanol–water partition coefficient (Wildman–Crippen LogP) is 16.8. The quantitative estimate of drug-likeness (QED) is 0.109. The molecule has 12 aliphatic rings. The van der Waals surface area contributed by atoms with Crippen LogP contribution >= 0.6 is 0 Å². The summed E-state index contributed by atoms with van der Waals surface area (Å²) in [6.45, 7) is 14.7. The van der Waals surface area contributed by atoms with Crippen LogP contribution in [0.3, 0.4) is 0 Å². The Bertz CT molecular complexity index is 8330. The van der Waals surface area contributed by atoms with Gasteiger partial charge in [-0.15, -0.1) is 0 Å². The van der Waals surface area contributed by atoms with E-state index in [0.717, 1.165) is 141 Å². The Morgan fingerprint density at radius 1 is 0.231 bits per heavy atom. The molecule has 0 spiro atoms. The van der Waals surface area contributed by atoms with Crippen molar-refractivity contribution in [3.63, 3.8) is 0 Å². The van der Waals surface area contributed by atoms with Crippen molar-refractivity contribution < 1.29 is 37.9 Å². The molecule has 0 bridgehead atoms. The predicted molar refractivity (Wildman–Crippen MR) is 469 cm³/mol. The van der Waals surface area contributed by atoms with E-state index in [-0.39, 0.29) is 26.9 Å². The number of fused-ring (bicyclic) bond motifs is 16. The third-order valence-corrected chi connectivity index (χ3v) is 26.9. The zero-order valence-corrected chi connectivity index (χ0v) is 62.7. The summed E-state index contributed by atoms with van der Waals surface area (Å²) in [5.41, 5.74) is 33.1. The monoisotopic (exact) mass is 1500 g/mol. The van der Waals surface area contributed by atoms with Crippen molar-refractivity contribution in [1.29, 1.82) is 0 Å². The van der Waals surface area contributed by atoms with Crippen LogP contribution in [0.2, 0.25) is 0 Å². The van der Waals surface area contributed by atoms with Gasteiger partial charge in [-0.2, -0.15) is 0 Å². The second kappa shape index (κ2) is 21.2. The molecule has 0 atom stereocenters. The van der Waals surface area contributed by atoms with Crippen LogP contribution in [0.15, 0.2) is 267 Å². The van der Waals surface area contributed by atoms with Gasteiger partial charge in [0.2, 0.25) is 0 Å². The molecule has 16 heterocycles. The third kappa shape index (κ3) is 7.33. The van der Waals surface area contributed by atoms with Gasteiger partial charge in [0.1, 0.15) is 92.0 Å². The zero-order chi connectivity index (χ0) is 76.1. The maximum Gasteiger partial charge on any atom is 0.266 e. The number of benzene rings is 16. The number of hydrogen-bond donors (Lipinski definition) is 0. The smallest absolute Gasteiger partial charge is 0.266 e. The van der Waals surface area contributed by atoms with Crippen molar-refractivity contribution >= 4 is 185 Å². The summed E-state index contributed by atoms with van der Waals surface area (Å²) in [7, 11) is 0. The molecule has 538 valence electrons. The van der Waals surface area contributed by atoms with Crippen molar-refractivity contribution in [1.82, 2.24) is 18.3 Å². The highest BCUT2D eigenvalue weighted by Crippen LogP contribution is 2.51. The first kappa shape index (κ1) is 61.5. The molecule has 0 N–H and O–H groups in total. The number of aryl methyl sites for hydroxylation is 3. The van der Waals surface area contributed by atoms with Crippen LogP contribution in [-0.4, -0.2) is 45.1 Å². The van der Waals surface area contributed by atoms with E-state index >= 15 is 0 Å². The third-order valence-electron chi connectivity index (χ3n) is 26.9. The van der Waals surface area contributed by atoms with E-state index < -0.39 is 0 Å². The number of hydrogen-bond acceptors (Lipinski definition) is 8. The largest absolute Gasteiger partial charge is 0.458 e. The lowest BCUT2D eigenvalue weighted by atomic mass is 9.33. The molecule has 16 aromatic carbocycles. The summed E-state index contributed by atoms with van der Waals surface area (Å²) in [6, 6.07) is 93.0. The van der Waals surface area contributed by atoms with Crippen molar-refractivity contribution in [2.45, 2.75) is 20.8 Å². The normalized spacial score (nSPS) is 14.1. The van der Waals surface area contributed by atoms with E-state index in [1.165, 1.54) is 143 Å². The van der Waals surface area contributed by atoms with E-state index in [1.807, 2.05) is 54.6 Å². The Morgan fingerprint density at radius 3 is 1.12 bits per heavy atom. The Morgan fingerprint density at radius 2 is 0.581 bits per heavy atom. The van der Waals surface area contributed by atoms with Gasteiger partial charge in [0.25, 0.3) is 26.9 Å². The van der Waals surface area contributed by atoms with Gasteiger partial charge in [-0.1, -0.05) is 115 Å². The molecular weight excluding hydrogens is 1440 g/mol. The number of ether oxygens (including phenoxy) is 8. The number of rotatable bonds is 0. The van der Waals surface area contributed by atoms with Gasteiger partial charge in [-0.05, 0) is 238 Å². The van der Waals surface area contributed by atoms with Gasteiger partial charge >= 0.3 is 0 Å². The van der Waals surface area contributed by atoms with Crippen LogP contribution in [0.5, 0.6) is 92.0 Å². The Balaban J connectivity index is 0.0000000799. The fraction of sp³-hybridized carbons (Fsp3) is 0.0300. The van der Waals surface area contributed by atoms with Crippen LogP contribution in [0.1, 0.15) is 16.7 Å². The molecule has 17 heteroatoms. The van der Waals surface area contributed by atoms with Gasteiger partial charge in [-0.25, -0.2) is 4.85 Å². The number of nitrogens with zero attached hydrogens (tertiary/aromatic N) is 5. The van der Waals surface area contributed by atoms with Gasteiger partial charge in [0.15, 0.2) is 5.69 Å². The molecule has 4 aromatic heterocycles. The Kier molecular flexibility index (Phi) is 11.1. The molecular formula is C100H53B4N5O8. The Hall–Kier alpha value is -15.1. The lowest BCUT2D eigenvalue weighted by Gasteiger charge is -2.37. The van der Waals surface area contributed by atoms with Crippen molar-refractivity contribution in [3.8, 4) is 115 Å². The lowest BCUT2D eigenvalue weighted by Crippen LogP contribution is -2.60. The number of para-hydroxylation sites is 3. The first-order chi connectivity index (χ1) is 57.8. The minimum atomic E-state index is 0.0665. The molecule has 32 rings (SSSR count). The second-order valence-corrected chi connectivity index (χ2v) is 32.5. The summed E-state index contributed by atoms with van der Waals surface area (Å²) in [5, 5.41) is 9.85. The van der Waals surface area contributed by atoms with Crippen molar-refractivity contribution in [2.24, 2.45) is 0 Å². The molecule has 0 fully saturated rings. The van der Waals surface area contributed by atoms with Gasteiger partial charge in [0, 0.05) is 87.8 Å². The summed E-state index contributed by atoms with van der Waals surface area (Å²) < 4.78 is 60.8. The average Bonchev–Trinajstić information content (AvgIpc) is 1.62. The first-order valence-corrected chi connectivity index (χ1v) is 39.9. The highest BCUT2D eigenvalue weighted by Gasteiger charge is 2.52. The summed E-state index contributed by atoms with van der Waals surface area (Å²) >= 11 is 0. The zero-order valence-electron chi connectivity index (χ0n) is 62.7. The minimum absolute atomic E-state index is 0.0665. The highest BCUT2D eigenvalue weighted by molar-refractivity contribution is 7.03. The van der Waals surface area contributed by atoms with Crippen molar-refractivity contribution in [2.75, 3.05) is 0 Å². The molecule has 0 amide bonds. The van der Waals surface area contributed by atoms with E-state index in [2.05, 4.69) is 256 Å². The maximum absolute atomic E-state index is 7.72. The van der Waals surface area contributed by atoms with Crippen LogP contribution in [0, 0.1) is 27.3 Å². The molecule has 20 aromatic rings. The molecule has 0 radical (unpaired) electrons. The van der Waals surface area contributed by atoms with E-state index in [0.29, 0.717) is 5.69 Å². The lowest BCUT2D eigenvalue weighted by molar-refractivity contribution is 0.461. The van der Waals surface area contributed by atoms with Gasteiger partial charge in [0.05, 0.1) is 45.2 Å². The molecule has 0 aliphatic carbocycles. The molecule has 0 unspecified atom stereocenters. The van der Waals surface area contributed by atoms with Crippen LogP contribution in [0.4, 0.5) is 5.69 Å². The van der Waals surface area contributed by atoms with Crippen LogP contribution in [0.25, 0.3) is 115 Å². The first-order valence-electron chi connectivity index (χ1n) is 39.9. The van der Waals surface area contributed by atoms with Gasteiger partial charge < -0.3 is 56.2 Å². The van der Waals surface area contributed by atoms with Crippen LogP contribution in [-0.2, 0) is 0 Å². The fourth-order valence-corrected chi connectivity index (χ4v) is 22.7. The van der Waals surface area contributed by atoms with E-state index in [1.54, 1.807) is 0 Å². The second-order valence-electron chi connectivity index (χ2n) is 32.5. The van der Waals surface area contributed by atoms with E-state index in [4.69, 9.17) is 44.5 Å².